The molecule has 0 bridgehead atoms. The minimum atomic E-state index is -0.171. The monoisotopic (exact) mass is 452 g/mol. The summed E-state index contributed by atoms with van der Waals surface area (Å²) in [5.41, 5.74) is 3.48. The predicted molar refractivity (Wildman–Crippen MR) is 125 cm³/mol. The number of aryl methyl sites for hydroxylation is 1. The van der Waals surface area contributed by atoms with Gasteiger partial charge in [0.1, 0.15) is 5.82 Å². The van der Waals surface area contributed by atoms with Gasteiger partial charge >= 0.3 is 0 Å². The fourth-order valence-electron chi connectivity index (χ4n) is 5.34. The number of carbonyl (C=O) groups is 1. The fraction of sp³-hybridized carbons (Fsp3) is 0.423. The lowest BCUT2D eigenvalue weighted by atomic mass is 9.87. The SMILES string of the molecule is Cc1ccoc1C(=O)N1CC(CN2CCC(c3ccc(F)cc3)CC2)C(c2ccsc2)C1. The maximum atomic E-state index is 13.3. The Kier molecular flexibility index (Phi) is 6.15. The van der Waals surface area contributed by atoms with E-state index >= 15 is 0 Å². The minimum Gasteiger partial charge on any atom is -0.459 e. The lowest BCUT2D eigenvalue weighted by Gasteiger charge is -2.34. The van der Waals surface area contributed by atoms with E-state index in [-0.39, 0.29) is 11.7 Å². The molecule has 1 aromatic carbocycles. The van der Waals surface area contributed by atoms with Gasteiger partial charge < -0.3 is 14.2 Å². The summed E-state index contributed by atoms with van der Waals surface area (Å²) in [5.74, 6) is 1.57. The zero-order valence-electron chi connectivity index (χ0n) is 18.4. The second-order valence-electron chi connectivity index (χ2n) is 9.19. The molecule has 6 heteroatoms. The molecular formula is C26H29FN2O2S. The smallest absolute Gasteiger partial charge is 0.289 e. The number of halogens is 1. The third kappa shape index (κ3) is 4.39. The Morgan fingerprint density at radius 2 is 1.88 bits per heavy atom. The number of piperidine rings is 1. The van der Waals surface area contributed by atoms with E-state index in [4.69, 9.17) is 4.42 Å². The molecule has 2 aliphatic heterocycles. The van der Waals surface area contributed by atoms with Gasteiger partial charge in [0, 0.05) is 31.1 Å². The molecule has 2 atom stereocenters. The van der Waals surface area contributed by atoms with E-state index in [9.17, 15) is 9.18 Å². The van der Waals surface area contributed by atoms with Crippen molar-refractivity contribution in [2.24, 2.45) is 5.92 Å². The predicted octanol–water partition coefficient (Wildman–Crippen LogP) is 5.52. The number of furan rings is 1. The maximum Gasteiger partial charge on any atom is 0.289 e. The molecular weight excluding hydrogens is 423 g/mol. The highest BCUT2D eigenvalue weighted by molar-refractivity contribution is 7.08. The molecule has 0 spiro atoms. The van der Waals surface area contributed by atoms with Gasteiger partial charge in [0.15, 0.2) is 5.76 Å². The molecule has 0 aliphatic carbocycles. The second-order valence-corrected chi connectivity index (χ2v) is 9.97. The average molecular weight is 453 g/mol. The Balaban J connectivity index is 1.25. The number of hydrogen-bond donors (Lipinski definition) is 0. The molecule has 2 aliphatic rings. The largest absolute Gasteiger partial charge is 0.459 e. The lowest BCUT2D eigenvalue weighted by Crippen LogP contribution is -2.38. The lowest BCUT2D eigenvalue weighted by molar-refractivity contribution is 0.0749. The van der Waals surface area contributed by atoms with E-state index < -0.39 is 0 Å². The van der Waals surface area contributed by atoms with Gasteiger partial charge in [0.05, 0.1) is 6.26 Å². The standard InChI is InChI=1S/C26H29FN2O2S/c1-18-8-12-31-25(18)26(30)29-15-22(24(16-29)21-9-13-32-17-21)14-28-10-6-20(7-11-28)19-2-4-23(27)5-3-19/h2-5,8-9,12-13,17,20,22,24H,6-7,10-11,14-16H2,1H3. The molecule has 1 amide bonds. The third-order valence-electron chi connectivity index (χ3n) is 7.18. The van der Waals surface area contributed by atoms with Gasteiger partial charge in [0.2, 0.25) is 0 Å². The van der Waals surface area contributed by atoms with Crippen LogP contribution in [0.15, 0.2) is 57.8 Å². The van der Waals surface area contributed by atoms with Crippen LogP contribution >= 0.6 is 11.3 Å². The molecule has 2 aromatic heterocycles. The van der Waals surface area contributed by atoms with Crippen LogP contribution in [0.25, 0.3) is 0 Å². The van der Waals surface area contributed by atoms with Crippen LogP contribution in [-0.4, -0.2) is 48.4 Å². The first-order valence-corrected chi connectivity index (χ1v) is 12.4. The highest BCUT2D eigenvalue weighted by Crippen LogP contribution is 2.37. The Labute approximate surface area is 192 Å². The zero-order chi connectivity index (χ0) is 22.1. The van der Waals surface area contributed by atoms with E-state index in [1.165, 1.54) is 11.1 Å². The first-order valence-electron chi connectivity index (χ1n) is 11.4. The number of hydrogen-bond acceptors (Lipinski definition) is 4. The summed E-state index contributed by atoms with van der Waals surface area (Å²) < 4.78 is 18.7. The number of likely N-dealkylation sites (tertiary alicyclic amines) is 2. The van der Waals surface area contributed by atoms with Crippen molar-refractivity contribution in [3.63, 3.8) is 0 Å². The highest BCUT2D eigenvalue weighted by atomic mass is 32.1. The Morgan fingerprint density at radius 1 is 1.09 bits per heavy atom. The van der Waals surface area contributed by atoms with Crippen molar-refractivity contribution in [2.45, 2.75) is 31.6 Å². The zero-order valence-corrected chi connectivity index (χ0v) is 19.2. The number of carbonyl (C=O) groups excluding carboxylic acids is 1. The third-order valence-corrected chi connectivity index (χ3v) is 7.88. The summed E-state index contributed by atoms with van der Waals surface area (Å²) in [6.07, 6.45) is 3.78. The van der Waals surface area contributed by atoms with Crippen LogP contribution in [0.5, 0.6) is 0 Å². The molecule has 32 heavy (non-hydrogen) atoms. The van der Waals surface area contributed by atoms with E-state index in [2.05, 4.69) is 21.7 Å². The van der Waals surface area contributed by atoms with E-state index in [1.807, 2.05) is 30.0 Å². The average Bonchev–Trinajstić information content (AvgIpc) is 3.55. The van der Waals surface area contributed by atoms with Gasteiger partial charge in [-0.1, -0.05) is 12.1 Å². The molecule has 0 saturated carbocycles. The number of rotatable bonds is 5. The van der Waals surface area contributed by atoms with Gasteiger partial charge in [-0.3, -0.25) is 4.79 Å². The van der Waals surface area contributed by atoms with Crippen molar-refractivity contribution in [1.82, 2.24) is 9.80 Å². The van der Waals surface area contributed by atoms with E-state index in [0.29, 0.717) is 23.5 Å². The van der Waals surface area contributed by atoms with Crippen LogP contribution in [0.1, 0.15) is 51.9 Å². The molecule has 168 valence electrons. The Morgan fingerprint density at radius 3 is 2.53 bits per heavy atom. The molecule has 4 heterocycles. The number of thiophene rings is 1. The van der Waals surface area contributed by atoms with Crippen molar-refractivity contribution in [1.29, 1.82) is 0 Å². The van der Waals surface area contributed by atoms with Crippen molar-refractivity contribution < 1.29 is 13.6 Å². The van der Waals surface area contributed by atoms with Crippen molar-refractivity contribution in [2.75, 3.05) is 32.7 Å². The number of nitrogens with zero attached hydrogens (tertiary/aromatic N) is 2. The molecule has 4 nitrogen and oxygen atoms in total. The first-order chi connectivity index (χ1) is 15.6. The summed E-state index contributed by atoms with van der Waals surface area (Å²) in [5, 5.41) is 4.35. The van der Waals surface area contributed by atoms with Gasteiger partial charge in [0.25, 0.3) is 5.91 Å². The van der Waals surface area contributed by atoms with Crippen LogP contribution in [0.2, 0.25) is 0 Å². The molecule has 5 rings (SSSR count). The molecule has 3 aromatic rings. The maximum absolute atomic E-state index is 13.3. The molecule has 2 fully saturated rings. The quantitative estimate of drug-likeness (QED) is 0.511. The minimum absolute atomic E-state index is 0.00486. The Hall–Kier alpha value is -2.44. The molecule has 0 N–H and O–H groups in total. The summed E-state index contributed by atoms with van der Waals surface area (Å²) >= 11 is 1.72. The summed E-state index contributed by atoms with van der Waals surface area (Å²) in [7, 11) is 0. The van der Waals surface area contributed by atoms with E-state index in [0.717, 1.165) is 51.1 Å². The molecule has 2 unspecified atom stereocenters. The first kappa shape index (κ1) is 21.4. The van der Waals surface area contributed by atoms with Crippen molar-refractivity contribution in [3.05, 3.63) is 81.7 Å². The molecule has 0 radical (unpaired) electrons. The second kappa shape index (κ2) is 9.20. The van der Waals surface area contributed by atoms with Crippen molar-refractivity contribution >= 4 is 17.2 Å². The van der Waals surface area contributed by atoms with Crippen LogP contribution < -0.4 is 0 Å². The summed E-state index contributed by atoms with van der Waals surface area (Å²) in [6, 6.07) is 11.0. The Bertz CT molecular complexity index is 1040. The van der Waals surface area contributed by atoms with Crippen LogP contribution in [0.4, 0.5) is 4.39 Å². The normalized spacial score (nSPS) is 22.5. The highest BCUT2D eigenvalue weighted by Gasteiger charge is 2.39. The topological polar surface area (TPSA) is 36.7 Å². The van der Waals surface area contributed by atoms with Gasteiger partial charge in [-0.15, -0.1) is 0 Å². The van der Waals surface area contributed by atoms with Crippen LogP contribution in [-0.2, 0) is 0 Å². The van der Waals surface area contributed by atoms with Crippen LogP contribution in [0.3, 0.4) is 0 Å². The summed E-state index contributed by atoms with van der Waals surface area (Å²) in [6.45, 7) is 6.51. The van der Waals surface area contributed by atoms with E-state index in [1.54, 1.807) is 29.7 Å². The molecule has 2 saturated heterocycles. The van der Waals surface area contributed by atoms with Crippen molar-refractivity contribution in [3.8, 4) is 0 Å². The van der Waals surface area contributed by atoms with Gasteiger partial charge in [-0.25, -0.2) is 4.39 Å². The fourth-order valence-corrected chi connectivity index (χ4v) is 6.06. The number of benzene rings is 1. The van der Waals surface area contributed by atoms with Gasteiger partial charge in [-0.2, -0.15) is 11.3 Å². The number of amides is 1. The van der Waals surface area contributed by atoms with Crippen LogP contribution in [0, 0.1) is 18.7 Å². The van der Waals surface area contributed by atoms with Gasteiger partial charge in [-0.05, 0) is 90.8 Å². The summed E-state index contributed by atoms with van der Waals surface area (Å²) in [4.78, 5) is 17.6.